The van der Waals surface area contributed by atoms with Crippen molar-refractivity contribution in [3.8, 4) is 5.75 Å². The van der Waals surface area contributed by atoms with Gasteiger partial charge in [0.2, 0.25) is 0 Å². The molecule has 0 radical (unpaired) electrons. The smallest absolute Gasteiger partial charge is 0.129 e. The van der Waals surface area contributed by atoms with E-state index >= 15 is 0 Å². The molecule has 1 aromatic rings. The molecule has 13 heavy (non-hydrogen) atoms. The van der Waals surface area contributed by atoms with Crippen molar-refractivity contribution in [2.45, 2.75) is 6.42 Å². The van der Waals surface area contributed by atoms with E-state index in [-0.39, 0.29) is 0 Å². The van der Waals surface area contributed by atoms with Gasteiger partial charge in [0.1, 0.15) is 11.5 Å². The number of anilines is 1. The minimum Gasteiger partial charge on any atom is -0.458 e. The van der Waals surface area contributed by atoms with E-state index in [2.05, 4.69) is 6.08 Å². The van der Waals surface area contributed by atoms with Gasteiger partial charge in [-0.3, -0.25) is 0 Å². The van der Waals surface area contributed by atoms with E-state index < -0.39 is 0 Å². The Morgan fingerprint density at radius 3 is 2.92 bits per heavy atom. The van der Waals surface area contributed by atoms with E-state index in [0.29, 0.717) is 0 Å². The Morgan fingerprint density at radius 2 is 2.23 bits per heavy atom. The third-order valence-corrected chi connectivity index (χ3v) is 1.83. The maximum atomic E-state index is 5.62. The van der Waals surface area contributed by atoms with E-state index in [1.807, 2.05) is 36.4 Å². The summed E-state index contributed by atoms with van der Waals surface area (Å²) in [6.45, 7) is 0. The molecule has 0 aliphatic heterocycles. The lowest BCUT2D eigenvalue weighted by Crippen LogP contribution is -1.91. The molecule has 1 aliphatic carbocycles. The van der Waals surface area contributed by atoms with Crippen molar-refractivity contribution in [1.29, 1.82) is 0 Å². The van der Waals surface area contributed by atoms with Gasteiger partial charge in [0.05, 0.1) is 0 Å². The van der Waals surface area contributed by atoms with Crippen LogP contribution in [0.25, 0.3) is 0 Å². The molecular weight excluding hydrogens is 162 g/mol. The molecule has 0 bridgehead atoms. The number of nitrogens with two attached hydrogens (primary N) is 1. The van der Waals surface area contributed by atoms with Crippen molar-refractivity contribution < 1.29 is 4.74 Å². The maximum Gasteiger partial charge on any atom is 0.129 e. The second-order valence-electron chi connectivity index (χ2n) is 2.92. The minimum atomic E-state index is 0.722. The molecule has 0 unspecified atom stereocenters. The van der Waals surface area contributed by atoms with E-state index in [9.17, 15) is 0 Å². The van der Waals surface area contributed by atoms with Crippen LogP contribution in [0.15, 0.2) is 48.3 Å². The standard InChI is InChI=1S/C11H11NO/c12-9-4-3-7-11(8-9)13-10-5-1-2-6-10/h1,3-8H,2,12H2. The summed E-state index contributed by atoms with van der Waals surface area (Å²) >= 11 is 0. The van der Waals surface area contributed by atoms with Gasteiger partial charge in [0.25, 0.3) is 0 Å². The number of benzene rings is 1. The predicted octanol–water partition coefficient (Wildman–Crippen LogP) is 2.49. The molecule has 0 amide bonds. The fourth-order valence-corrected chi connectivity index (χ4v) is 1.23. The Balaban J connectivity index is 2.13. The van der Waals surface area contributed by atoms with Crippen LogP contribution in [-0.4, -0.2) is 0 Å². The largest absolute Gasteiger partial charge is 0.458 e. The molecule has 0 spiro atoms. The summed E-state index contributed by atoms with van der Waals surface area (Å²) in [5.41, 5.74) is 6.34. The Kier molecular flexibility index (Phi) is 2.04. The summed E-state index contributed by atoms with van der Waals surface area (Å²) in [7, 11) is 0. The van der Waals surface area contributed by atoms with Crippen LogP contribution in [0.4, 0.5) is 5.69 Å². The molecule has 2 heteroatoms. The Bertz CT molecular complexity index is 366. The molecule has 0 saturated heterocycles. The van der Waals surface area contributed by atoms with Crippen LogP contribution < -0.4 is 10.5 Å². The average Bonchev–Trinajstić information content (AvgIpc) is 2.57. The first-order valence-electron chi connectivity index (χ1n) is 4.25. The van der Waals surface area contributed by atoms with Crippen LogP contribution in [0, 0.1) is 0 Å². The monoisotopic (exact) mass is 173 g/mol. The van der Waals surface area contributed by atoms with Gasteiger partial charge in [-0.15, -0.1) is 0 Å². The van der Waals surface area contributed by atoms with Crippen molar-refractivity contribution in [3.63, 3.8) is 0 Å². The number of rotatable bonds is 2. The molecule has 0 heterocycles. The van der Waals surface area contributed by atoms with Gasteiger partial charge in [-0.25, -0.2) is 0 Å². The van der Waals surface area contributed by atoms with Gasteiger partial charge >= 0.3 is 0 Å². The topological polar surface area (TPSA) is 35.2 Å². The summed E-state index contributed by atoms with van der Waals surface area (Å²) < 4.78 is 5.55. The minimum absolute atomic E-state index is 0.722. The lowest BCUT2D eigenvalue weighted by Gasteiger charge is -2.04. The van der Waals surface area contributed by atoms with Crippen LogP contribution in [0.2, 0.25) is 0 Å². The van der Waals surface area contributed by atoms with Crippen molar-refractivity contribution in [3.05, 3.63) is 48.3 Å². The summed E-state index contributed by atoms with van der Waals surface area (Å²) in [5.74, 6) is 1.68. The lowest BCUT2D eigenvalue weighted by molar-refractivity contribution is 0.445. The Hall–Kier alpha value is -1.70. The van der Waals surface area contributed by atoms with Crippen LogP contribution in [-0.2, 0) is 0 Å². The van der Waals surface area contributed by atoms with E-state index in [0.717, 1.165) is 23.6 Å². The SMILES string of the molecule is Nc1cccc(OC2=CCC=C2)c1. The number of ether oxygens (including phenoxy) is 1. The molecule has 2 N–H and O–H groups in total. The molecule has 66 valence electrons. The highest BCUT2D eigenvalue weighted by atomic mass is 16.5. The fraction of sp³-hybridized carbons (Fsp3) is 0.0909. The number of allylic oxidation sites excluding steroid dienone is 3. The highest BCUT2D eigenvalue weighted by Crippen LogP contribution is 2.19. The number of hydrogen-bond donors (Lipinski definition) is 1. The zero-order valence-corrected chi connectivity index (χ0v) is 7.23. The van der Waals surface area contributed by atoms with Gasteiger partial charge in [0.15, 0.2) is 0 Å². The highest BCUT2D eigenvalue weighted by Gasteiger charge is 2.00. The van der Waals surface area contributed by atoms with E-state index in [4.69, 9.17) is 10.5 Å². The third-order valence-electron chi connectivity index (χ3n) is 1.83. The van der Waals surface area contributed by atoms with Crippen LogP contribution in [0.1, 0.15) is 6.42 Å². The third kappa shape index (κ3) is 1.90. The second kappa shape index (κ2) is 3.35. The first kappa shape index (κ1) is 7.92. The molecule has 0 aromatic heterocycles. The number of nitrogen functional groups attached to an aromatic ring is 1. The molecule has 0 saturated carbocycles. The van der Waals surface area contributed by atoms with Crippen LogP contribution in [0.5, 0.6) is 5.75 Å². The van der Waals surface area contributed by atoms with E-state index in [1.165, 1.54) is 0 Å². The lowest BCUT2D eigenvalue weighted by atomic mass is 10.3. The van der Waals surface area contributed by atoms with Crippen molar-refractivity contribution >= 4 is 5.69 Å². The van der Waals surface area contributed by atoms with Gasteiger partial charge in [-0.2, -0.15) is 0 Å². The molecule has 0 atom stereocenters. The summed E-state index contributed by atoms with van der Waals surface area (Å²) in [5, 5.41) is 0. The maximum absolute atomic E-state index is 5.62. The Morgan fingerprint density at radius 1 is 1.31 bits per heavy atom. The zero-order valence-electron chi connectivity index (χ0n) is 7.23. The van der Waals surface area contributed by atoms with Crippen LogP contribution in [0.3, 0.4) is 0 Å². The van der Waals surface area contributed by atoms with Gasteiger partial charge in [-0.05, 0) is 30.7 Å². The van der Waals surface area contributed by atoms with Crippen molar-refractivity contribution in [2.24, 2.45) is 0 Å². The Labute approximate surface area is 77.3 Å². The van der Waals surface area contributed by atoms with Crippen molar-refractivity contribution in [1.82, 2.24) is 0 Å². The van der Waals surface area contributed by atoms with Crippen LogP contribution >= 0.6 is 0 Å². The van der Waals surface area contributed by atoms with Gasteiger partial charge in [0, 0.05) is 11.8 Å². The molecule has 2 nitrogen and oxygen atoms in total. The second-order valence-corrected chi connectivity index (χ2v) is 2.92. The quantitative estimate of drug-likeness (QED) is 0.697. The summed E-state index contributed by atoms with van der Waals surface area (Å²) in [6, 6.07) is 7.42. The fourth-order valence-electron chi connectivity index (χ4n) is 1.23. The van der Waals surface area contributed by atoms with Gasteiger partial charge < -0.3 is 10.5 Å². The molecule has 1 aliphatic rings. The number of hydrogen-bond acceptors (Lipinski definition) is 2. The highest BCUT2D eigenvalue weighted by molar-refractivity contribution is 5.44. The molecule has 1 aromatic carbocycles. The zero-order chi connectivity index (χ0) is 9.10. The summed E-state index contributed by atoms with van der Waals surface area (Å²) in [6.07, 6.45) is 7.01. The average molecular weight is 173 g/mol. The molecule has 0 fully saturated rings. The van der Waals surface area contributed by atoms with Gasteiger partial charge in [-0.1, -0.05) is 12.1 Å². The predicted molar refractivity (Wildman–Crippen MR) is 53.3 cm³/mol. The van der Waals surface area contributed by atoms with Crippen molar-refractivity contribution in [2.75, 3.05) is 5.73 Å². The summed E-state index contributed by atoms with van der Waals surface area (Å²) in [4.78, 5) is 0. The molecule has 2 rings (SSSR count). The van der Waals surface area contributed by atoms with E-state index in [1.54, 1.807) is 0 Å². The first-order chi connectivity index (χ1) is 6.34. The molecular formula is C11H11NO. The normalized spacial score (nSPS) is 14.3. The first-order valence-corrected chi connectivity index (χ1v) is 4.25.